The highest BCUT2D eigenvalue weighted by atomic mass is 32.2. The van der Waals surface area contributed by atoms with Crippen molar-refractivity contribution >= 4 is 33.3 Å². The number of hydrogen-bond acceptors (Lipinski definition) is 5. The Labute approximate surface area is 152 Å². The Hall–Kier alpha value is -0.850. The van der Waals surface area contributed by atoms with Crippen molar-refractivity contribution in [3.63, 3.8) is 0 Å². The molecule has 1 fully saturated rings. The third-order valence-electron chi connectivity index (χ3n) is 5.17. The zero-order valence-electron chi connectivity index (χ0n) is 15.1. The number of likely N-dealkylation sites (tertiary alicyclic amines) is 1. The summed E-state index contributed by atoms with van der Waals surface area (Å²) in [5.74, 6) is 1.02. The zero-order chi connectivity index (χ0) is 17.3. The van der Waals surface area contributed by atoms with Crippen LogP contribution >= 0.6 is 23.1 Å². The molecule has 2 aromatic heterocycles. The maximum Gasteiger partial charge on any atom is 0.263 e. The molecule has 6 heteroatoms. The van der Waals surface area contributed by atoms with E-state index in [2.05, 4.69) is 18.9 Å². The van der Waals surface area contributed by atoms with Crippen molar-refractivity contribution in [1.82, 2.24) is 14.5 Å². The molecule has 3 heterocycles. The standard InChI is InChI=1S/C18H27N3OS2/c1-5-21-17(22)15-12(2)13(3)24-16(15)19-18(21)23-11-9-14-8-6-7-10-20(14)4/h14H,5-11H2,1-4H3. The van der Waals surface area contributed by atoms with Crippen molar-refractivity contribution in [1.29, 1.82) is 0 Å². The van der Waals surface area contributed by atoms with Crippen molar-refractivity contribution in [3.05, 3.63) is 20.8 Å². The average Bonchev–Trinajstić information content (AvgIpc) is 2.84. The molecule has 3 rings (SSSR count). The Morgan fingerprint density at radius 3 is 2.83 bits per heavy atom. The average molecular weight is 366 g/mol. The molecule has 0 saturated carbocycles. The summed E-state index contributed by atoms with van der Waals surface area (Å²) in [6.07, 6.45) is 5.14. The number of piperidine rings is 1. The first-order valence-electron chi connectivity index (χ1n) is 8.86. The highest BCUT2D eigenvalue weighted by molar-refractivity contribution is 7.99. The van der Waals surface area contributed by atoms with Gasteiger partial charge in [0.2, 0.25) is 0 Å². The number of fused-ring (bicyclic) bond motifs is 1. The lowest BCUT2D eigenvalue weighted by atomic mass is 10.0. The molecule has 2 aromatic rings. The number of thioether (sulfide) groups is 1. The van der Waals surface area contributed by atoms with Crippen LogP contribution in [0.25, 0.3) is 10.2 Å². The van der Waals surface area contributed by atoms with Crippen LogP contribution in [0.3, 0.4) is 0 Å². The van der Waals surface area contributed by atoms with Gasteiger partial charge in [-0.05, 0) is 59.2 Å². The van der Waals surface area contributed by atoms with Crippen LogP contribution in [-0.2, 0) is 6.54 Å². The van der Waals surface area contributed by atoms with Crippen LogP contribution in [-0.4, -0.2) is 39.8 Å². The van der Waals surface area contributed by atoms with Gasteiger partial charge in [0, 0.05) is 23.2 Å². The van der Waals surface area contributed by atoms with Crippen molar-refractivity contribution in [2.24, 2.45) is 0 Å². The second-order valence-electron chi connectivity index (χ2n) is 6.67. The number of nitrogens with zero attached hydrogens (tertiary/aromatic N) is 3. The third-order valence-corrected chi connectivity index (χ3v) is 7.28. The molecule has 0 aromatic carbocycles. The molecule has 0 spiro atoms. The van der Waals surface area contributed by atoms with E-state index in [1.807, 2.05) is 18.4 Å². The molecule has 0 aliphatic carbocycles. The van der Waals surface area contributed by atoms with Crippen LogP contribution in [0.2, 0.25) is 0 Å². The van der Waals surface area contributed by atoms with Crippen LogP contribution in [0.1, 0.15) is 43.0 Å². The van der Waals surface area contributed by atoms with Gasteiger partial charge in [0.15, 0.2) is 5.16 Å². The molecule has 1 unspecified atom stereocenters. The molecule has 4 nitrogen and oxygen atoms in total. The summed E-state index contributed by atoms with van der Waals surface area (Å²) in [4.78, 5) is 22.2. The van der Waals surface area contributed by atoms with E-state index in [9.17, 15) is 4.79 Å². The highest BCUT2D eigenvalue weighted by Crippen LogP contribution is 2.29. The van der Waals surface area contributed by atoms with Crippen molar-refractivity contribution in [2.45, 2.75) is 64.2 Å². The predicted octanol–water partition coefficient (Wildman–Crippen LogP) is 4.06. The maximum atomic E-state index is 12.8. The van der Waals surface area contributed by atoms with Crippen molar-refractivity contribution in [3.8, 4) is 0 Å². The summed E-state index contributed by atoms with van der Waals surface area (Å²) in [5, 5.41) is 1.70. The lowest BCUT2D eigenvalue weighted by Crippen LogP contribution is -2.36. The summed E-state index contributed by atoms with van der Waals surface area (Å²) in [6.45, 7) is 8.03. The number of aryl methyl sites for hydroxylation is 2. The summed E-state index contributed by atoms with van der Waals surface area (Å²) in [6, 6.07) is 0.683. The minimum Gasteiger partial charge on any atom is -0.303 e. The summed E-state index contributed by atoms with van der Waals surface area (Å²) in [5.41, 5.74) is 1.22. The zero-order valence-corrected chi connectivity index (χ0v) is 16.7. The molecule has 24 heavy (non-hydrogen) atoms. The van der Waals surface area contributed by atoms with Crippen LogP contribution in [0, 0.1) is 13.8 Å². The Kier molecular flexibility index (Phi) is 5.67. The molecule has 132 valence electrons. The van der Waals surface area contributed by atoms with Gasteiger partial charge < -0.3 is 4.90 Å². The summed E-state index contributed by atoms with van der Waals surface area (Å²) >= 11 is 3.39. The van der Waals surface area contributed by atoms with E-state index >= 15 is 0 Å². The molecule has 1 atom stereocenters. The Morgan fingerprint density at radius 2 is 2.12 bits per heavy atom. The van der Waals surface area contributed by atoms with E-state index in [1.165, 1.54) is 37.1 Å². The fraction of sp³-hybridized carbons (Fsp3) is 0.667. The smallest absolute Gasteiger partial charge is 0.263 e. The minimum atomic E-state index is 0.127. The molecular weight excluding hydrogens is 338 g/mol. The number of hydrogen-bond donors (Lipinski definition) is 0. The van der Waals surface area contributed by atoms with Gasteiger partial charge in [-0.2, -0.15) is 0 Å². The fourth-order valence-corrected chi connectivity index (χ4v) is 5.67. The van der Waals surface area contributed by atoms with E-state index in [0.717, 1.165) is 26.7 Å². The second-order valence-corrected chi connectivity index (χ2v) is 8.94. The second kappa shape index (κ2) is 7.58. The SMILES string of the molecule is CCn1c(SCCC2CCCCN2C)nc2sc(C)c(C)c2c1=O. The topological polar surface area (TPSA) is 38.1 Å². The highest BCUT2D eigenvalue weighted by Gasteiger charge is 2.20. The number of rotatable bonds is 5. The molecule has 1 aliphatic rings. The molecule has 0 bridgehead atoms. The molecule has 1 aliphatic heterocycles. The van der Waals surface area contributed by atoms with E-state index in [0.29, 0.717) is 12.6 Å². The van der Waals surface area contributed by atoms with Crippen LogP contribution in [0.4, 0.5) is 0 Å². The van der Waals surface area contributed by atoms with Crippen molar-refractivity contribution in [2.75, 3.05) is 19.3 Å². The van der Waals surface area contributed by atoms with Gasteiger partial charge in [0.05, 0.1) is 5.39 Å². The summed E-state index contributed by atoms with van der Waals surface area (Å²) < 4.78 is 1.84. The lowest BCUT2D eigenvalue weighted by Gasteiger charge is -2.32. The molecular formula is C18H27N3OS2. The largest absolute Gasteiger partial charge is 0.303 e. The van der Waals surface area contributed by atoms with Gasteiger partial charge in [-0.15, -0.1) is 11.3 Å². The predicted molar refractivity (Wildman–Crippen MR) is 105 cm³/mol. The lowest BCUT2D eigenvalue weighted by molar-refractivity contribution is 0.182. The van der Waals surface area contributed by atoms with Crippen LogP contribution in [0.5, 0.6) is 0 Å². The van der Waals surface area contributed by atoms with Crippen LogP contribution < -0.4 is 5.56 Å². The van der Waals surface area contributed by atoms with Gasteiger partial charge in [-0.3, -0.25) is 9.36 Å². The molecule has 0 N–H and O–H groups in total. The summed E-state index contributed by atoms with van der Waals surface area (Å²) in [7, 11) is 2.23. The van der Waals surface area contributed by atoms with E-state index in [1.54, 1.807) is 23.1 Å². The van der Waals surface area contributed by atoms with Gasteiger partial charge in [0.25, 0.3) is 5.56 Å². The first-order valence-corrected chi connectivity index (χ1v) is 10.7. The quantitative estimate of drug-likeness (QED) is 0.591. The first kappa shape index (κ1) is 18.0. The number of aromatic nitrogens is 2. The maximum absolute atomic E-state index is 12.8. The van der Waals surface area contributed by atoms with Gasteiger partial charge in [-0.25, -0.2) is 4.98 Å². The van der Waals surface area contributed by atoms with Crippen molar-refractivity contribution < 1.29 is 0 Å². The first-order chi connectivity index (χ1) is 11.5. The third kappa shape index (κ3) is 3.41. The normalized spacial score (nSPS) is 19.2. The molecule has 0 radical (unpaired) electrons. The van der Waals surface area contributed by atoms with Gasteiger partial charge in [0.1, 0.15) is 4.83 Å². The van der Waals surface area contributed by atoms with Gasteiger partial charge in [-0.1, -0.05) is 18.2 Å². The minimum absolute atomic E-state index is 0.127. The molecule has 0 amide bonds. The Bertz CT molecular complexity index is 781. The monoisotopic (exact) mass is 365 g/mol. The van der Waals surface area contributed by atoms with E-state index < -0.39 is 0 Å². The van der Waals surface area contributed by atoms with E-state index in [4.69, 9.17) is 4.98 Å². The van der Waals surface area contributed by atoms with Crippen LogP contribution in [0.15, 0.2) is 9.95 Å². The fourth-order valence-electron chi connectivity index (χ4n) is 3.49. The Morgan fingerprint density at radius 1 is 1.33 bits per heavy atom. The molecule has 1 saturated heterocycles. The Balaban J connectivity index is 1.80. The number of thiophene rings is 1. The van der Waals surface area contributed by atoms with E-state index in [-0.39, 0.29) is 5.56 Å². The van der Waals surface area contributed by atoms with Gasteiger partial charge >= 0.3 is 0 Å².